The van der Waals surface area contributed by atoms with Gasteiger partial charge < -0.3 is 16.0 Å². The monoisotopic (exact) mass is 354 g/mol. The Bertz CT molecular complexity index is 823. The standard InChI is InChI=1S/C19H22N4O3/c1-12(24)21-14-5-7-15(8-6-14)22-18(26)16-11-13(9-10-20-16)17(25)23-19(2,3)4/h5-11H,1-4H3,(H,21,24)(H,22,26)(H,23,25). The van der Waals surface area contributed by atoms with Crippen LogP contribution in [0.2, 0.25) is 0 Å². The molecule has 0 atom stereocenters. The Labute approximate surface area is 152 Å². The van der Waals surface area contributed by atoms with E-state index in [1.807, 2.05) is 20.8 Å². The van der Waals surface area contributed by atoms with Crippen LogP contribution in [0, 0.1) is 0 Å². The van der Waals surface area contributed by atoms with Gasteiger partial charge >= 0.3 is 0 Å². The minimum absolute atomic E-state index is 0.137. The van der Waals surface area contributed by atoms with Crippen molar-refractivity contribution in [1.29, 1.82) is 0 Å². The molecule has 3 N–H and O–H groups in total. The molecule has 2 rings (SSSR count). The van der Waals surface area contributed by atoms with Crippen molar-refractivity contribution >= 4 is 29.1 Å². The van der Waals surface area contributed by atoms with E-state index in [1.54, 1.807) is 30.3 Å². The van der Waals surface area contributed by atoms with Crippen molar-refractivity contribution in [3.05, 3.63) is 53.9 Å². The molecule has 0 saturated heterocycles. The highest BCUT2D eigenvalue weighted by Gasteiger charge is 2.17. The lowest BCUT2D eigenvalue weighted by atomic mass is 10.1. The SMILES string of the molecule is CC(=O)Nc1ccc(NC(=O)c2cc(C(=O)NC(C)(C)C)ccn2)cc1. The number of nitrogens with zero attached hydrogens (tertiary/aromatic N) is 1. The molecule has 136 valence electrons. The average Bonchev–Trinajstić information content (AvgIpc) is 2.55. The van der Waals surface area contributed by atoms with Crippen LogP contribution in [0.5, 0.6) is 0 Å². The van der Waals surface area contributed by atoms with Gasteiger partial charge in [0.05, 0.1) is 0 Å². The lowest BCUT2D eigenvalue weighted by molar-refractivity contribution is -0.114. The first-order chi connectivity index (χ1) is 12.1. The second kappa shape index (κ2) is 7.77. The smallest absolute Gasteiger partial charge is 0.274 e. The molecular weight excluding hydrogens is 332 g/mol. The molecule has 0 aliphatic carbocycles. The first kappa shape index (κ1) is 19.1. The molecule has 0 fully saturated rings. The van der Waals surface area contributed by atoms with Gasteiger partial charge in [0.2, 0.25) is 5.91 Å². The highest BCUT2D eigenvalue weighted by atomic mass is 16.2. The van der Waals surface area contributed by atoms with Crippen molar-refractivity contribution in [2.75, 3.05) is 10.6 Å². The summed E-state index contributed by atoms with van der Waals surface area (Å²) in [5, 5.41) is 8.19. The highest BCUT2D eigenvalue weighted by molar-refractivity contribution is 6.05. The lowest BCUT2D eigenvalue weighted by Gasteiger charge is -2.20. The lowest BCUT2D eigenvalue weighted by Crippen LogP contribution is -2.40. The molecule has 26 heavy (non-hydrogen) atoms. The summed E-state index contributed by atoms with van der Waals surface area (Å²) in [5.74, 6) is -0.868. The van der Waals surface area contributed by atoms with Crippen molar-refractivity contribution in [1.82, 2.24) is 10.3 Å². The fourth-order valence-electron chi connectivity index (χ4n) is 2.14. The predicted octanol–water partition coefficient (Wildman–Crippen LogP) is 2.82. The molecule has 0 aliphatic rings. The maximum absolute atomic E-state index is 12.4. The molecule has 3 amide bonds. The molecule has 0 spiro atoms. The maximum Gasteiger partial charge on any atom is 0.274 e. The molecule has 2 aromatic rings. The van der Waals surface area contributed by atoms with E-state index in [0.717, 1.165) is 0 Å². The molecule has 0 aliphatic heterocycles. The number of rotatable bonds is 4. The van der Waals surface area contributed by atoms with E-state index in [1.165, 1.54) is 19.2 Å². The van der Waals surface area contributed by atoms with Crippen LogP contribution in [-0.4, -0.2) is 28.2 Å². The van der Waals surface area contributed by atoms with E-state index >= 15 is 0 Å². The van der Waals surface area contributed by atoms with Crippen molar-refractivity contribution in [3.8, 4) is 0 Å². The van der Waals surface area contributed by atoms with Gasteiger partial charge in [-0.2, -0.15) is 0 Å². The summed E-state index contributed by atoms with van der Waals surface area (Å²) in [7, 11) is 0. The Morgan fingerprint density at radius 3 is 2.00 bits per heavy atom. The number of carbonyl (C=O) groups excluding carboxylic acids is 3. The third-order valence-corrected chi connectivity index (χ3v) is 3.21. The van der Waals surface area contributed by atoms with Gasteiger partial charge in [0.25, 0.3) is 11.8 Å². The fraction of sp³-hybridized carbons (Fsp3) is 0.263. The van der Waals surface area contributed by atoms with E-state index in [4.69, 9.17) is 0 Å². The van der Waals surface area contributed by atoms with E-state index < -0.39 is 5.91 Å². The molecule has 7 heteroatoms. The normalized spacial score (nSPS) is 10.8. The maximum atomic E-state index is 12.4. The predicted molar refractivity (Wildman–Crippen MR) is 100 cm³/mol. The molecule has 1 aromatic carbocycles. The van der Waals surface area contributed by atoms with Gasteiger partial charge in [0.1, 0.15) is 5.69 Å². The van der Waals surface area contributed by atoms with Gasteiger partial charge in [-0.05, 0) is 57.2 Å². The van der Waals surface area contributed by atoms with Crippen LogP contribution in [0.25, 0.3) is 0 Å². The minimum Gasteiger partial charge on any atom is -0.347 e. The Balaban J connectivity index is 2.09. The van der Waals surface area contributed by atoms with Gasteiger partial charge in [-0.25, -0.2) is 0 Å². The van der Waals surface area contributed by atoms with Crippen molar-refractivity contribution in [2.24, 2.45) is 0 Å². The average molecular weight is 354 g/mol. The van der Waals surface area contributed by atoms with E-state index in [2.05, 4.69) is 20.9 Å². The second-order valence-corrected chi connectivity index (χ2v) is 6.85. The molecule has 0 saturated carbocycles. The summed E-state index contributed by atoms with van der Waals surface area (Å²) >= 11 is 0. The second-order valence-electron chi connectivity index (χ2n) is 6.85. The Morgan fingerprint density at radius 1 is 0.885 bits per heavy atom. The van der Waals surface area contributed by atoms with Crippen molar-refractivity contribution in [3.63, 3.8) is 0 Å². The fourth-order valence-corrected chi connectivity index (χ4v) is 2.14. The summed E-state index contributed by atoms with van der Waals surface area (Å²) < 4.78 is 0. The van der Waals surface area contributed by atoms with E-state index in [-0.39, 0.29) is 23.0 Å². The van der Waals surface area contributed by atoms with Gasteiger partial charge in [0.15, 0.2) is 0 Å². The van der Waals surface area contributed by atoms with Gasteiger partial charge in [-0.3, -0.25) is 19.4 Å². The minimum atomic E-state index is -0.428. The zero-order chi connectivity index (χ0) is 19.3. The number of benzene rings is 1. The summed E-state index contributed by atoms with van der Waals surface area (Å²) in [4.78, 5) is 39.6. The van der Waals surface area contributed by atoms with Crippen LogP contribution >= 0.6 is 0 Å². The molecule has 7 nitrogen and oxygen atoms in total. The number of carbonyl (C=O) groups is 3. The summed E-state index contributed by atoms with van der Waals surface area (Å²) in [6.07, 6.45) is 1.42. The Kier molecular flexibility index (Phi) is 5.71. The third-order valence-electron chi connectivity index (χ3n) is 3.21. The Hall–Kier alpha value is -3.22. The number of hydrogen-bond donors (Lipinski definition) is 3. The number of pyridine rings is 1. The van der Waals surface area contributed by atoms with Crippen LogP contribution in [-0.2, 0) is 4.79 Å². The zero-order valence-electron chi connectivity index (χ0n) is 15.2. The van der Waals surface area contributed by atoms with Crippen molar-refractivity contribution in [2.45, 2.75) is 33.2 Å². The summed E-state index contributed by atoms with van der Waals surface area (Å²) in [6.45, 7) is 7.06. The summed E-state index contributed by atoms with van der Waals surface area (Å²) in [6, 6.07) is 9.69. The number of nitrogens with one attached hydrogen (secondary N) is 3. The van der Waals surface area contributed by atoms with E-state index in [9.17, 15) is 14.4 Å². The molecule has 1 heterocycles. The van der Waals surface area contributed by atoms with Crippen LogP contribution in [0.1, 0.15) is 48.5 Å². The van der Waals surface area contributed by atoms with Crippen LogP contribution < -0.4 is 16.0 Å². The first-order valence-corrected chi connectivity index (χ1v) is 8.11. The molecule has 0 bridgehead atoms. The Morgan fingerprint density at radius 2 is 1.46 bits per heavy atom. The van der Waals surface area contributed by atoms with Crippen LogP contribution in [0.4, 0.5) is 11.4 Å². The van der Waals surface area contributed by atoms with Crippen molar-refractivity contribution < 1.29 is 14.4 Å². The highest BCUT2D eigenvalue weighted by Crippen LogP contribution is 2.15. The largest absolute Gasteiger partial charge is 0.347 e. The van der Waals surface area contributed by atoms with Crippen LogP contribution in [0.3, 0.4) is 0 Å². The van der Waals surface area contributed by atoms with Gasteiger partial charge in [0, 0.05) is 35.6 Å². The molecular formula is C19H22N4O3. The zero-order valence-corrected chi connectivity index (χ0v) is 15.2. The topological polar surface area (TPSA) is 100 Å². The van der Waals surface area contributed by atoms with Gasteiger partial charge in [-0.1, -0.05) is 0 Å². The third kappa shape index (κ3) is 5.70. The van der Waals surface area contributed by atoms with Gasteiger partial charge in [-0.15, -0.1) is 0 Å². The quantitative estimate of drug-likeness (QED) is 0.786. The number of aromatic nitrogens is 1. The number of hydrogen-bond acceptors (Lipinski definition) is 4. The first-order valence-electron chi connectivity index (χ1n) is 8.11. The number of anilines is 2. The molecule has 0 unspecified atom stereocenters. The molecule has 1 aromatic heterocycles. The van der Waals surface area contributed by atoms with E-state index in [0.29, 0.717) is 16.9 Å². The summed E-state index contributed by atoms with van der Waals surface area (Å²) in [5.41, 5.74) is 1.31. The number of amides is 3. The molecule has 0 radical (unpaired) electrons. The van der Waals surface area contributed by atoms with Crippen LogP contribution in [0.15, 0.2) is 42.6 Å².